The molecule has 0 radical (unpaired) electrons. The molecule has 106 valence electrons. The van der Waals surface area contributed by atoms with Crippen LogP contribution in [0, 0.1) is 0 Å². The van der Waals surface area contributed by atoms with Crippen LogP contribution in [-0.2, 0) is 6.42 Å². The second-order valence-electron chi connectivity index (χ2n) is 5.09. The Kier molecular flexibility index (Phi) is 3.97. The lowest BCUT2D eigenvalue weighted by molar-refractivity contribution is 0.363. The molecule has 0 unspecified atom stereocenters. The third kappa shape index (κ3) is 2.99. The van der Waals surface area contributed by atoms with E-state index in [0.717, 1.165) is 43.1 Å². The molecule has 0 spiro atoms. The molecule has 3 rings (SSSR count). The monoisotopic (exact) mass is 273 g/mol. The fourth-order valence-electron chi connectivity index (χ4n) is 2.53. The lowest BCUT2D eigenvalue weighted by atomic mass is 9.98. The number of piperidine rings is 1. The highest BCUT2D eigenvalue weighted by atomic mass is 16.5. The summed E-state index contributed by atoms with van der Waals surface area (Å²) in [5.74, 6) is 2.71. The van der Waals surface area contributed by atoms with Crippen molar-refractivity contribution in [3.63, 3.8) is 0 Å². The van der Waals surface area contributed by atoms with Crippen LogP contribution >= 0.6 is 0 Å². The Hall–Kier alpha value is -1.88. The summed E-state index contributed by atoms with van der Waals surface area (Å²) in [5.41, 5.74) is 1.12. The van der Waals surface area contributed by atoms with E-state index >= 15 is 0 Å². The first-order valence-corrected chi connectivity index (χ1v) is 7.01. The van der Waals surface area contributed by atoms with Gasteiger partial charge in [-0.05, 0) is 43.6 Å². The zero-order valence-electron chi connectivity index (χ0n) is 11.6. The van der Waals surface area contributed by atoms with Crippen LogP contribution in [0.3, 0.4) is 0 Å². The maximum absolute atomic E-state index is 5.81. The summed E-state index contributed by atoms with van der Waals surface area (Å²) in [6, 6.07) is 7.93. The van der Waals surface area contributed by atoms with Crippen molar-refractivity contribution in [1.82, 2.24) is 15.5 Å². The van der Waals surface area contributed by atoms with Gasteiger partial charge in [-0.1, -0.05) is 12.1 Å². The number of methoxy groups -OCH3 is 1. The van der Waals surface area contributed by atoms with Gasteiger partial charge in [0.1, 0.15) is 5.75 Å². The summed E-state index contributed by atoms with van der Waals surface area (Å²) in [6.45, 7) is 2.05. The van der Waals surface area contributed by atoms with Crippen LogP contribution in [0.15, 0.2) is 28.7 Å². The third-order valence-electron chi connectivity index (χ3n) is 3.66. The molecule has 0 saturated carbocycles. The Morgan fingerprint density at radius 1 is 1.30 bits per heavy atom. The molecular formula is C15H19N3O2. The topological polar surface area (TPSA) is 60.2 Å². The minimum Gasteiger partial charge on any atom is -0.497 e. The van der Waals surface area contributed by atoms with E-state index in [2.05, 4.69) is 15.5 Å². The number of aromatic nitrogens is 2. The van der Waals surface area contributed by atoms with E-state index in [4.69, 9.17) is 9.15 Å². The highest BCUT2D eigenvalue weighted by molar-refractivity contribution is 5.29. The molecule has 1 aliphatic heterocycles. The van der Waals surface area contributed by atoms with E-state index in [-0.39, 0.29) is 0 Å². The summed E-state index contributed by atoms with van der Waals surface area (Å²) in [5, 5.41) is 11.7. The molecule has 1 N–H and O–H groups in total. The number of benzene rings is 1. The fourth-order valence-corrected chi connectivity index (χ4v) is 2.53. The van der Waals surface area contributed by atoms with Gasteiger partial charge in [0.2, 0.25) is 11.8 Å². The average molecular weight is 273 g/mol. The number of hydrogen-bond donors (Lipinski definition) is 1. The second kappa shape index (κ2) is 6.05. The third-order valence-corrected chi connectivity index (χ3v) is 3.66. The van der Waals surface area contributed by atoms with Crippen molar-refractivity contribution >= 4 is 0 Å². The standard InChI is InChI=1S/C15H19N3O2/c1-19-13-4-2-3-11(9-13)10-14-17-18-15(20-14)12-5-7-16-8-6-12/h2-4,9,12,16H,5-8,10H2,1H3. The van der Waals surface area contributed by atoms with Gasteiger partial charge in [0, 0.05) is 5.92 Å². The predicted octanol–water partition coefficient (Wildman–Crippen LogP) is 2.14. The summed E-state index contributed by atoms with van der Waals surface area (Å²) < 4.78 is 11.0. The van der Waals surface area contributed by atoms with Crippen LogP contribution in [0.4, 0.5) is 0 Å². The van der Waals surface area contributed by atoms with Crippen LogP contribution < -0.4 is 10.1 Å². The SMILES string of the molecule is COc1cccc(Cc2nnc(C3CCNCC3)o2)c1. The molecule has 1 saturated heterocycles. The molecule has 0 atom stereocenters. The van der Waals surface area contributed by atoms with Crippen LogP contribution in [0.5, 0.6) is 5.75 Å². The molecule has 1 fully saturated rings. The van der Waals surface area contributed by atoms with Crippen LogP contribution in [0.2, 0.25) is 0 Å². The first kappa shape index (κ1) is 13.1. The van der Waals surface area contributed by atoms with Crippen molar-refractivity contribution in [2.45, 2.75) is 25.2 Å². The van der Waals surface area contributed by atoms with Gasteiger partial charge in [-0.3, -0.25) is 0 Å². The lowest BCUT2D eigenvalue weighted by Gasteiger charge is -2.18. The lowest BCUT2D eigenvalue weighted by Crippen LogP contribution is -2.26. The molecule has 1 aliphatic rings. The van der Waals surface area contributed by atoms with Crippen LogP contribution in [0.1, 0.15) is 36.1 Å². The maximum Gasteiger partial charge on any atom is 0.220 e. The predicted molar refractivity (Wildman–Crippen MR) is 74.9 cm³/mol. The van der Waals surface area contributed by atoms with Gasteiger partial charge in [0.25, 0.3) is 0 Å². The Labute approximate surface area is 118 Å². The van der Waals surface area contributed by atoms with Crippen molar-refractivity contribution in [2.24, 2.45) is 0 Å². The Bertz CT molecular complexity index is 562. The molecule has 0 aliphatic carbocycles. The number of ether oxygens (including phenoxy) is 1. The molecule has 20 heavy (non-hydrogen) atoms. The zero-order chi connectivity index (χ0) is 13.8. The van der Waals surface area contributed by atoms with Crippen molar-refractivity contribution in [1.29, 1.82) is 0 Å². The molecule has 0 bridgehead atoms. The smallest absolute Gasteiger partial charge is 0.220 e. The molecule has 5 heteroatoms. The Balaban J connectivity index is 1.70. The van der Waals surface area contributed by atoms with Crippen LogP contribution in [-0.4, -0.2) is 30.4 Å². The summed E-state index contributed by atoms with van der Waals surface area (Å²) in [4.78, 5) is 0. The second-order valence-corrected chi connectivity index (χ2v) is 5.09. The summed E-state index contributed by atoms with van der Waals surface area (Å²) in [6.07, 6.45) is 2.79. The van der Waals surface area contributed by atoms with Gasteiger partial charge >= 0.3 is 0 Å². The quantitative estimate of drug-likeness (QED) is 0.924. The summed E-state index contributed by atoms with van der Waals surface area (Å²) >= 11 is 0. The van der Waals surface area contributed by atoms with E-state index in [1.807, 2.05) is 24.3 Å². The van der Waals surface area contributed by atoms with Crippen molar-refractivity contribution < 1.29 is 9.15 Å². The molecule has 2 aromatic rings. The van der Waals surface area contributed by atoms with Gasteiger partial charge in [0.15, 0.2) is 0 Å². The maximum atomic E-state index is 5.81. The fraction of sp³-hybridized carbons (Fsp3) is 0.467. The summed E-state index contributed by atoms with van der Waals surface area (Å²) in [7, 11) is 1.67. The van der Waals surface area contributed by atoms with Crippen molar-refractivity contribution in [2.75, 3.05) is 20.2 Å². The number of nitrogens with zero attached hydrogens (tertiary/aromatic N) is 2. The van der Waals surface area contributed by atoms with E-state index in [1.165, 1.54) is 0 Å². The highest BCUT2D eigenvalue weighted by Crippen LogP contribution is 2.24. The highest BCUT2D eigenvalue weighted by Gasteiger charge is 2.21. The molecule has 2 heterocycles. The van der Waals surface area contributed by atoms with E-state index in [1.54, 1.807) is 7.11 Å². The van der Waals surface area contributed by atoms with Gasteiger partial charge < -0.3 is 14.5 Å². The first-order valence-electron chi connectivity index (χ1n) is 7.01. The van der Waals surface area contributed by atoms with Crippen molar-refractivity contribution in [3.8, 4) is 5.75 Å². The molecular weight excluding hydrogens is 254 g/mol. The largest absolute Gasteiger partial charge is 0.497 e. The Morgan fingerprint density at radius 2 is 2.15 bits per heavy atom. The number of rotatable bonds is 4. The number of hydrogen-bond acceptors (Lipinski definition) is 5. The minimum absolute atomic E-state index is 0.405. The van der Waals surface area contributed by atoms with Gasteiger partial charge in [-0.15, -0.1) is 10.2 Å². The molecule has 1 aromatic heterocycles. The van der Waals surface area contributed by atoms with Gasteiger partial charge in [0.05, 0.1) is 13.5 Å². The van der Waals surface area contributed by atoms with E-state index in [9.17, 15) is 0 Å². The van der Waals surface area contributed by atoms with Gasteiger partial charge in [-0.2, -0.15) is 0 Å². The molecule has 0 amide bonds. The van der Waals surface area contributed by atoms with Crippen LogP contribution in [0.25, 0.3) is 0 Å². The van der Waals surface area contributed by atoms with E-state index in [0.29, 0.717) is 18.2 Å². The average Bonchev–Trinajstić information content (AvgIpc) is 2.97. The first-order chi connectivity index (χ1) is 9.85. The molecule has 5 nitrogen and oxygen atoms in total. The zero-order valence-corrected chi connectivity index (χ0v) is 11.6. The Morgan fingerprint density at radius 3 is 2.95 bits per heavy atom. The van der Waals surface area contributed by atoms with Gasteiger partial charge in [-0.25, -0.2) is 0 Å². The van der Waals surface area contributed by atoms with Crippen molar-refractivity contribution in [3.05, 3.63) is 41.6 Å². The minimum atomic E-state index is 0.405. The normalized spacial score (nSPS) is 16.2. The number of nitrogens with one attached hydrogen (secondary N) is 1. The van der Waals surface area contributed by atoms with E-state index < -0.39 is 0 Å². The molecule has 1 aromatic carbocycles.